The second kappa shape index (κ2) is 4.18. The van der Waals surface area contributed by atoms with Crippen LogP contribution in [-0.2, 0) is 0 Å². The molecule has 1 fully saturated rings. The smallest absolute Gasteiger partial charge is 0.0759 e. The van der Waals surface area contributed by atoms with Crippen molar-refractivity contribution >= 4 is 0 Å². The molecule has 0 amide bonds. The van der Waals surface area contributed by atoms with Crippen LogP contribution in [0.3, 0.4) is 0 Å². The van der Waals surface area contributed by atoms with Gasteiger partial charge in [-0.15, -0.1) is 0 Å². The zero-order valence-electron chi connectivity index (χ0n) is 11.2. The largest absolute Gasteiger partial charge is 0.389 e. The maximum absolute atomic E-state index is 10.4. The van der Waals surface area contributed by atoms with Gasteiger partial charge < -0.3 is 5.11 Å². The van der Waals surface area contributed by atoms with E-state index in [1.807, 2.05) is 0 Å². The Morgan fingerprint density at radius 3 is 2.69 bits per heavy atom. The van der Waals surface area contributed by atoms with Gasteiger partial charge in [0.15, 0.2) is 0 Å². The second-order valence-corrected chi connectivity index (χ2v) is 6.76. The highest BCUT2D eigenvalue weighted by Crippen LogP contribution is 2.56. The Morgan fingerprint density at radius 2 is 2.06 bits per heavy atom. The minimum atomic E-state index is -0.214. The zero-order chi connectivity index (χ0) is 11.9. The molecule has 0 aromatic rings. The van der Waals surface area contributed by atoms with Crippen molar-refractivity contribution in [2.24, 2.45) is 23.2 Å². The fraction of sp³-hybridized carbons (Fsp3) is 0.867. The van der Waals surface area contributed by atoms with Crippen LogP contribution >= 0.6 is 0 Å². The molecule has 16 heavy (non-hydrogen) atoms. The summed E-state index contributed by atoms with van der Waals surface area (Å²) in [4.78, 5) is 0. The van der Waals surface area contributed by atoms with Gasteiger partial charge in [0.05, 0.1) is 6.10 Å². The van der Waals surface area contributed by atoms with E-state index in [2.05, 4.69) is 33.8 Å². The third kappa shape index (κ3) is 2.07. The fourth-order valence-corrected chi connectivity index (χ4v) is 3.96. The zero-order valence-corrected chi connectivity index (χ0v) is 11.2. The van der Waals surface area contributed by atoms with Crippen molar-refractivity contribution in [2.75, 3.05) is 0 Å². The number of hydrogen-bond acceptors (Lipinski definition) is 1. The summed E-state index contributed by atoms with van der Waals surface area (Å²) in [6.07, 6.45) is 6.99. The Labute approximate surface area is 99.9 Å². The molecule has 2 aliphatic carbocycles. The van der Waals surface area contributed by atoms with Crippen LogP contribution < -0.4 is 0 Å². The predicted octanol–water partition coefficient (Wildman–Crippen LogP) is 3.78. The quantitative estimate of drug-likeness (QED) is 0.618. The summed E-state index contributed by atoms with van der Waals surface area (Å²) in [6.45, 7) is 9.16. The van der Waals surface area contributed by atoms with E-state index in [4.69, 9.17) is 0 Å². The molecule has 1 N–H and O–H groups in total. The highest BCUT2D eigenvalue weighted by atomic mass is 16.3. The maximum Gasteiger partial charge on any atom is 0.0759 e. The van der Waals surface area contributed by atoms with Crippen molar-refractivity contribution < 1.29 is 5.11 Å². The number of fused-ring (bicyclic) bond motifs is 1. The fourth-order valence-electron chi connectivity index (χ4n) is 3.96. The van der Waals surface area contributed by atoms with Gasteiger partial charge in [0.1, 0.15) is 0 Å². The van der Waals surface area contributed by atoms with E-state index in [-0.39, 0.29) is 6.10 Å². The lowest BCUT2D eigenvalue weighted by atomic mass is 9.50. The number of rotatable bonds is 0. The highest BCUT2D eigenvalue weighted by Gasteiger charge is 2.51. The Balaban J connectivity index is 2.21. The molecular weight excluding hydrogens is 196 g/mol. The summed E-state index contributed by atoms with van der Waals surface area (Å²) >= 11 is 0. The molecule has 0 aliphatic heterocycles. The van der Waals surface area contributed by atoms with Gasteiger partial charge in [-0.25, -0.2) is 0 Å². The molecule has 0 radical (unpaired) electrons. The monoisotopic (exact) mass is 222 g/mol. The van der Waals surface area contributed by atoms with Gasteiger partial charge in [0.25, 0.3) is 0 Å². The van der Waals surface area contributed by atoms with Crippen LogP contribution in [-0.4, -0.2) is 11.2 Å². The van der Waals surface area contributed by atoms with Crippen molar-refractivity contribution in [3.63, 3.8) is 0 Å². The molecule has 4 atom stereocenters. The van der Waals surface area contributed by atoms with Crippen molar-refractivity contribution in [3.8, 4) is 0 Å². The van der Waals surface area contributed by atoms with Crippen molar-refractivity contribution in [1.82, 2.24) is 0 Å². The third-order valence-electron chi connectivity index (χ3n) is 4.91. The molecule has 1 saturated carbocycles. The minimum absolute atomic E-state index is 0.214. The number of hydrogen-bond donors (Lipinski definition) is 1. The normalized spacial score (nSPS) is 43.2. The van der Waals surface area contributed by atoms with E-state index < -0.39 is 0 Å². The van der Waals surface area contributed by atoms with E-state index in [1.165, 1.54) is 31.3 Å². The lowest BCUT2D eigenvalue weighted by Crippen LogP contribution is -2.52. The summed E-state index contributed by atoms with van der Waals surface area (Å²) in [5.74, 6) is 2.01. The lowest BCUT2D eigenvalue weighted by molar-refractivity contribution is -0.0989. The molecule has 0 aromatic heterocycles. The average molecular weight is 222 g/mol. The second-order valence-electron chi connectivity index (χ2n) is 6.76. The van der Waals surface area contributed by atoms with Gasteiger partial charge in [0.2, 0.25) is 0 Å². The molecule has 4 unspecified atom stereocenters. The molecule has 0 spiro atoms. The molecule has 0 heterocycles. The number of allylic oxidation sites excluding steroid dienone is 1. The maximum atomic E-state index is 10.4. The van der Waals surface area contributed by atoms with E-state index >= 15 is 0 Å². The van der Waals surface area contributed by atoms with Crippen molar-refractivity contribution in [2.45, 2.75) is 59.5 Å². The van der Waals surface area contributed by atoms with Crippen molar-refractivity contribution in [1.29, 1.82) is 0 Å². The molecule has 1 heteroatoms. The van der Waals surface area contributed by atoms with Gasteiger partial charge in [-0.05, 0) is 49.4 Å². The predicted molar refractivity (Wildman–Crippen MR) is 68.2 cm³/mol. The standard InChI is InChI=1S/C15H26O/c1-10-6-5-7-11(2)12-9-15(3,4)14(12)13(16)8-10/h8,11-14,16H,5-7,9H2,1-4H3. The summed E-state index contributed by atoms with van der Waals surface area (Å²) in [6, 6.07) is 0. The van der Waals surface area contributed by atoms with Gasteiger partial charge in [-0.1, -0.05) is 38.8 Å². The van der Waals surface area contributed by atoms with Crippen LogP contribution in [0, 0.1) is 23.2 Å². The Morgan fingerprint density at radius 1 is 1.38 bits per heavy atom. The molecule has 0 aromatic carbocycles. The SMILES string of the molecule is CC1=CC(O)C2C(CC2(C)C)C(C)CCC1. The van der Waals surface area contributed by atoms with Crippen LogP contribution in [0.5, 0.6) is 0 Å². The highest BCUT2D eigenvalue weighted by molar-refractivity contribution is 5.11. The van der Waals surface area contributed by atoms with Crippen LogP contribution in [0.2, 0.25) is 0 Å². The first-order valence-corrected chi connectivity index (χ1v) is 6.77. The van der Waals surface area contributed by atoms with Gasteiger partial charge in [0, 0.05) is 0 Å². The van der Waals surface area contributed by atoms with Crippen LogP contribution in [0.25, 0.3) is 0 Å². The van der Waals surface area contributed by atoms with E-state index in [1.54, 1.807) is 0 Å². The molecule has 0 saturated heterocycles. The van der Waals surface area contributed by atoms with Crippen molar-refractivity contribution in [3.05, 3.63) is 11.6 Å². The summed E-state index contributed by atoms with van der Waals surface area (Å²) in [5.41, 5.74) is 1.71. The Hall–Kier alpha value is -0.300. The first-order valence-electron chi connectivity index (χ1n) is 6.77. The molecule has 92 valence electrons. The van der Waals surface area contributed by atoms with Gasteiger partial charge in [-0.2, -0.15) is 0 Å². The van der Waals surface area contributed by atoms with E-state index in [0.29, 0.717) is 11.3 Å². The number of aliphatic hydroxyl groups excluding tert-OH is 1. The van der Waals surface area contributed by atoms with E-state index in [9.17, 15) is 5.11 Å². The summed E-state index contributed by atoms with van der Waals surface area (Å²) in [7, 11) is 0. The summed E-state index contributed by atoms with van der Waals surface area (Å²) in [5, 5.41) is 10.4. The minimum Gasteiger partial charge on any atom is -0.389 e. The van der Waals surface area contributed by atoms with Crippen LogP contribution in [0.15, 0.2) is 11.6 Å². The first kappa shape index (κ1) is 12.2. The molecular formula is C15H26O. The topological polar surface area (TPSA) is 20.2 Å². The molecule has 2 aliphatic rings. The molecule has 1 nitrogen and oxygen atoms in total. The van der Waals surface area contributed by atoms with Crippen LogP contribution in [0.1, 0.15) is 53.4 Å². The molecule has 2 rings (SSSR count). The lowest BCUT2D eigenvalue weighted by Gasteiger charge is -2.55. The van der Waals surface area contributed by atoms with Crippen LogP contribution in [0.4, 0.5) is 0 Å². The summed E-state index contributed by atoms with van der Waals surface area (Å²) < 4.78 is 0. The number of aliphatic hydroxyl groups is 1. The van der Waals surface area contributed by atoms with Gasteiger partial charge >= 0.3 is 0 Å². The average Bonchev–Trinajstić information content (AvgIpc) is 2.16. The first-order chi connectivity index (χ1) is 7.42. The third-order valence-corrected chi connectivity index (χ3v) is 4.91. The molecule has 0 bridgehead atoms. The van der Waals surface area contributed by atoms with Gasteiger partial charge in [-0.3, -0.25) is 0 Å². The Kier molecular flexibility index (Phi) is 3.18. The van der Waals surface area contributed by atoms with E-state index in [0.717, 1.165) is 11.8 Å². The Bertz CT molecular complexity index is 290.